The van der Waals surface area contributed by atoms with Gasteiger partial charge in [0, 0.05) is 11.8 Å². The minimum absolute atomic E-state index is 0.211. The lowest BCUT2D eigenvalue weighted by atomic mass is 9.42. The van der Waals surface area contributed by atoms with Gasteiger partial charge in [0.1, 0.15) is 5.78 Å². The number of hydrogen-bond acceptors (Lipinski definition) is 2. The van der Waals surface area contributed by atoms with E-state index in [0.29, 0.717) is 35.6 Å². The highest BCUT2D eigenvalue weighted by Gasteiger charge is 2.70. The SMILES string of the molecule is O=C1C2CC3C4CC3(C2)CC1C4COCF. The van der Waals surface area contributed by atoms with E-state index in [1.54, 1.807) is 0 Å². The molecule has 6 unspecified atom stereocenters. The summed E-state index contributed by atoms with van der Waals surface area (Å²) in [6.07, 6.45) is 4.67. The van der Waals surface area contributed by atoms with Crippen molar-refractivity contribution in [2.75, 3.05) is 13.5 Å². The number of alkyl halides is 1. The molecule has 0 amide bonds. The van der Waals surface area contributed by atoms with Crippen LogP contribution < -0.4 is 0 Å². The second-order valence-corrected chi connectivity index (χ2v) is 6.33. The van der Waals surface area contributed by atoms with Gasteiger partial charge >= 0.3 is 0 Å². The number of fused-ring (bicyclic) bond motifs is 1. The molecule has 88 valence electrons. The van der Waals surface area contributed by atoms with Gasteiger partial charge in [-0.2, -0.15) is 0 Å². The normalized spacial score (nSPS) is 56.6. The standard InChI is InChI=1S/C13H17FO2/c14-6-16-5-10-8-3-13-2-7(1-11(8)13)12(15)9(10)4-13/h7-11H,1-6H2. The van der Waals surface area contributed by atoms with E-state index in [-0.39, 0.29) is 5.92 Å². The van der Waals surface area contributed by atoms with E-state index in [1.165, 1.54) is 12.8 Å². The quantitative estimate of drug-likeness (QED) is 0.734. The fourth-order valence-electron chi connectivity index (χ4n) is 5.50. The molecule has 0 saturated heterocycles. The Balaban J connectivity index is 1.65. The summed E-state index contributed by atoms with van der Waals surface area (Å²) in [6, 6.07) is 0. The average Bonchev–Trinajstić information content (AvgIpc) is 2.50. The molecular weight excluding hydrogens is 207 g/mol. The Labute approximate surface area is 94.5 Å². The van der Waals surface area contributed by atoms with Crippen LogP contribution in [-0.2, 0) is 9.53 Å². The molecule has 2 nitrogen and oxygen atoms in total. The summed E-state index contributed by atoms with van der Waals surface area (Å²) in [5.41, 5.74) is 0.542. The topological polar surface area (TPSA) is 26.3 Å². The molecule has 0 aromatic carbocycles. The highest BCUT2D eigenvalue weighted by Crippen LogP contribution is 2.75. The minimum atomic E-state index is -0.705. The van der Waals surface area contributed by atoms with Crippen molar-refractivity contribution in [3.8, 4) is 0 Å². The molecule has 16 heavy (non-hydrogen) atoms. The van der Waals surface area contributed by atoms with Gasteiger partial charge in [-0.1, -0.05) is 0 Å². The van der Waals surface area contributed by atoms with Crippen LogP contribution in [0.2, 0.25) is 0 Å². The van der Waals surface area contributed by atoms with Crippen molar-refractivity contribution in [3.05, 3.63) is 0 Å². The number of hydrogen-bond donors (Lipinski definition) is 0. The summed E-state index contributed by atoms with van der Waals surface area (Å²) in [7, 11) is 0. The maximum absolute atomic E-state index is 12.2. The van der Waals surface area contributed by atoms with Crippen LogP contribution in [0.1, 0.15) is 25.7 Å². The fourth-order valence-corrected chi connectivity index (χ4v) is 5.50. The molecule has 3 heteroatoms. The maximum atomic E-state index is 12.2. The lowest BCUT2D eigenvalue weighted by Gasteiger charge is -2.62. The van der Waals surface area contributed by atoms with Crippen molar-refractivity contribution in [3.63, 3.8) is 0 Å². The van der Waals surface area contributed by atoms with E-state index in [4.69, 9.17) is 4.74 Å². The molecule has 6 atom stereocenters. The highest BCUT2D eigenvalue weighted by molar-refractivity contribution is 5.86. The Morgan fingerprint density at radius 1 is 1.38 bits per heavy atom. The zero-order chi connectivity index (χ0) is 10.9. The van der Waals surface area contributed by atoms with Crippen LogP contribution in [0.15, 0.2) is 0 Å². The van der Waals surface area contributed by atoms with Crippen LogP contribution in [-0.4, -0.2) is 19.3 Å². The van der Waals surface area contributed by atoms with E-state index in [9.17, 15) is 9.18 Å². The molecule has 0 aromatic rings. The summed E-state index contributed by atoms with van der Waals surface area (Å²) in [4.78, 5) is 12.2. The molecule has 5 saturated carbocycles. The van der Waals surface area contributed by atoms with Crippen molar-refractivity contribution in [1.29, 1.82) is 0 Å². The minimum Gasteiger partial charge on any atom is -0.350 e. The summed E-state index contributed by atoms with van der Waals surface area (Å²) in [6.45, 7) is -0.236. The van der Waals surface area contributed by atoms with Crippen LogP contribution in [0, 0.1) is 35.0 Å². The largest absolute Gasteiger partial charge is 0.350 e. The summed E-state index contributed by atoms with van der Waals surface area (Å²) < 4.78 is 17.1. The number of carbonyl (C=O) groups excluding carboxylic acids is 1. The van der Waals surface area contributed by atoms with Crippen molar-refractivity contribution in [2.45, 2.75) is 25.7 Å². The Morgan fingerprint density at radius 2 is 2.25 bits per heavy atom. The zero-order valence-electron chi connectivity index (χ0n) is 9.32. The highest BCUT2D eigenvalue weighted by atomic mass is 19.1. The van der Waals surface area contributed by atoms with Gasteiger partial charge in [0.15, 0.2) is 6.86 Å². The summed E-state index contributed by atoms with van der Waals surface area (Å²) in [5.74, 6) is 2.82. The zero-order valence-corrected chi connectivity index (χ0v) is 9.32. The van der Waals surface area contributed by atoms with Crippen LogP contribution in [0.3, 0.4) is 0 Å². The Hall–Kier alpha value is -0.440. The molecule has 1 spiro atoms. The molecule has 0 aliphatic heterocycles. The number of carbonyl (C=O) groups is 1. The van der Waals surface area contributed by atoms with E-state index in [0.717, 1.165) is 18.8 Å². The van der Waals surface area contributed by atoms with Crippen LogP contribution in [0.5, 0.6) is 0 Å². The molecule has 0 radical (unpaired) electrons. The maximum Gasteiger partial charge on any atom is 0.188 e. The van der Waals surface area contributed by atoms with Gasteiger partial charge in [0.25, 0.3) is 0 Å². The Bertz CT molecular complexity index is 356. The fraction of sp³-hybridized carbons (Fsp3) is 0.923. The molecule has 0 heterocycles. The molecule has 5 aliphatic carbocycles. The summed E-state index contributed by atoms with van der Waals surface area (Å²) in [5, 5.41) is 0. The van der Waals surface area contributed by atoms with Gasteiger partial charge in [0.05, 0.1) is 6.61 Å². The smallest absolute Gasteiger partial charge is 0.188 e. The third-order valence-electron chi connectivity index (χ3n) is 5.99. The number of halogens is 1. The van der Waals surface area contributed by atoms with Crippen molar-refractivity contribution >= 4 is 5.78 Å². The first kappa shape index (κ1) is 9.58. The Kier molecular flexibility index (Phi) is 1.72. The van der Waals surface area contributed by atoms with Gasteiger partial charge < -0.3 is 4.74 Å². The molecule has 5 rings (SSSR count). The third-order valence-corrected chi connectivity index (χ3v) is 5.99. The first-order chi connectivity index (χ1) is 7.75. The van der Waals surface area contributed by atoms with Crippen molar-refractivity contribution in [2.24, 2.45) is 35.0 Å². The molecule has 4 bridgehead atoms. The number of ether oxygens (including phenoxy) is 1. The monoisotopic (exact) mass is 224 g/mol. The van der Waals surface area contributed by atoms with E-state index in [2.05, 4.69) is 0 Å². The molecule has 0 N–H and O–H groups in total. The predicted molar refractivity (Wildman–Crippen MR) is 55.3 cm³/mol. The molecular formula is C13H17FO2. The van der Waals surface area contributed by atoms with Gasteiger partial charge in [-0.25, -0.2) is 4.39 Å². The number of Topliss-reactive ketones (excluding diaryl/α,β-unsaturated/α-hetero) is 1. The second kappa shape index (κ2) is 2.87. The first-order valence-corrected chi connectivity index (χ1v) is 6.42. The third kappa shape index (κ3) is 0.907. The van der Waals surface area contributed by atoms with Crippen LogP contribution >= 0.6 is 0 Å². The lowest BCUT2D eigenvalue weighted by Crippen LogP contribution is -2.59. The lowest BCUT2D eigenvalue weighted by molar-refractivity contribution is -0.174. The number of rotatable bonds is 3. The molecule has 5 aliphatic rings. The molecule has 0 aromatic heterocycles. The molecule has 5 fully saturated rings. The van der Waals surface area contributed by atoms with Crippen molar-refractivity contribution in [1.82, 2.24) is 0 Å². The second-order valence-electron chi connectivity index (χ2n) is 6.33. The van der Waals surface area contributed by atoms with Crippen LogP contribution in [0.4, 0.5) is 4.39 Å². The van der Waals surface area contributed by atoms with Gasteiger partial charge in [-0.05, 0) is 48.9 Å². The van der Waals surface area contributed by atoms with Gasteiger partial charge in [0.2, 0.25) is 0 Å². The van der Waals surface area contributed by atoms with E-state index >= 15 is 0 Å². The van der Waals surface area contributed by atoms with Crippen molar-refractivity contribution < 1.29 is 13.9 Å². The summed E-state index contributed by atoms with van der Waals surface area (Å²) >= 11 is 0. The van der Waals surface area contributed by atoms with Gasteiger partial charge in [-0.15, -0.1) is 0 Å². The van der Waals surface area contributed by atoms with E-state index in [1.807, 2.05) is 0 Å². The van der Waals surface area contributed by atoms with Gasteiger partial charge in [-0.3, -0.25) is 4.79 Å². The first-order valence-electron chi connectivity index (χ1n) is 6.42. The number of ketones is 1. The predicted octanol–water partition coefficient (Wildman–Crippen LogP) is 2.18. The van der Waals surface area contributed by atoms with E-state index < -0.39 is 6.86 Å². The average molecular weight is 224 g/mol. The Morgan fingerprint density at radius 3 is 3.06 bits per heavy atom. The van der Waals surface area contributed by atoms with Crippen LogP contribution in [0.25, 0.3) is 0 Å².